The van der Waals surface area contributed by atoms with Crippen molar-refractivity contribution in [3.05, 3.63) is 96.7 Å². The Bertz CT molecular complexity index is 1570. The van der Waals surface area contributed by atoms with Gasteiger partial charge in [-0.2, -0.15) is 0 Å². The van der Waals surface area contributed by atoms with Gasteiger partial charge in [0.15, 0.2) is 6.10 Å². The lowest BCUT2D eigenvalue weighted by Gasteiger charge is -2.40. The molecule has 7 bridgehead atoms. The van der Waals surface area contributed by atoms with Crippen LogP contribution in [0, 0.1) is 17.8 Å². The summed E-state index contributed by atoms with van der Waals surface area (Å²) in [6, 6.07) is 0. The molecule has 6 heterocycles. The Hall–Kier alpha value is -3.42. The molecule has 0 saturated carbocycles. The van der Waals surface area contributed by atoms with E-state index < -0.39 is 48.6 Å². The number of hydrogen-bond donors (Lipinski definition) is 4. The zero-order chi connectivity index (χ0) is 41.6. The minimum absolute atomic E-state index is 0.0508. The van der Waals surface area contributed by atoms with Crippen LogP contribution in [0.1, 0.15) is 91.9 Å². The van der Waals surface area contributed by atoms with Crippen molar-refractivity contribution in [3.8, 4) is 0 Å². The van der Waals surface area contributed by atoms with Crippen molar-refractivity contribution in [2.45, 2.75) is 165 Å². The summed E-state index contributed by atoms with van der Waals surface area (Å²) in [7, 11) is 0. The van der Waals surface area contributed by atoms with Gasteiger partial charge in [0.05, 0.1) is 42.7 Å². The molecule has 4 N–H and O–H groups in total. The number of rotatable bonds is 7. The van der Waals surface area contributed by atoms with Crippen LogP contribution in [-0.2, 0) is 33.3 Å². The first-order chi connectivity index (χ1) is 27.9. The standard InChI is InChI=1S/C47H66O11/c1-30(17-14-15-23-44(50)51)27-31(2)47-40-26-25-34(54-47)18-10-6-5-7-11-19-35(48)46(53)43-28-36(49)32(3)37(56-43)21-16-22-38-33(4)41-29-42(55-38)39(57-41)20-12-8-9-13-24-45(52)58-40/h6,8-13,16,19-20,22,24-27,30,32-43,46-49,53H,5,7,14-15,17-18,21,23,28-29H2,1-4H3,(H,50,51)/b9-8-,10-6+,19-11+,20-12+,22-16+,24-13+,31-27+/t30-,32-,33-,34+,35+,36+,37-,38+,39-,40+,41+,42+,43-,46+,47+/m1/s1. The second-order valence-corrected chi connectivity index (χ2v) is 16.6. The van der Waals surface area contributed by atoms with Crippen molar-refractivity contribution >= 4 is 11.9 Å². The first kappa shape index (κ1) is 45.7. The van der Waals surface area contributed by atoms with Crippen LogP contribution in [0.25, 0.3) is 0 Å². The summed E-state index contributed by atoms with van der Waals surface area (Å²) >= 11 is 0. The van der Waals surface area contributed by atoms with E-state index >= 15 is 0 Å². The summed E-state index contributed by atoms with van der Waals surface area (Å²) < 4.78 is 31.5. The summed E-state index contributed by atoms with van der Waals surface area (Å²) in [6.45, 7) is 8.15. The first-order valence-corrected chi connectivity index (χ1v) is 21.3. The average molecular weight is 807 g/mol. The molecule has 320 valence electrons. The van der Waals surface area contributed by atoms with Gasteiger partial charge in [0.25, 0.3) is 0 Å². The Balaban J connectivity index is 1.29. The highest BCUT2D eigenvalue weighted by atomic mass is 16.6. The lowest BCUT2D eigenvalue weighted by molar-refractivity contribution is -0.175. The lowest BCUT2D eigenvalue weighted by Crippen LogP contribution is -2.50. The van der Waals surface area contributed by atoms with Crippen LogP contribution in [0.4, 0.5) is 0 Å². The molecule has 0 aromatic rings. The fourth-order valence-electron chi connectivity index (χ4n) is 8.38. The Morgan fingerprint density at radius 1 is 0.759 bits per heavy atom. The number of carboxylic acid groups (broad SMARTS) is 1. The molecule has 0 aromatic carbocycles. The molecule has 15 atom stereocenters. The van der Waals surface area contributed by atoms with E-state index in [-0.39, 0.29) is 67.2 Å². The zero-order valence-electron chi connectivity index (χ0n) is 34.5. The fourth-order valence-corrected chi connectivity index (χ4v) is 8.38. The molecular weight excluding hydrogens is 741 g/mol. The summed E-state index contributed by atoms with van der Waals surface area (Å²) in [5.41, 5.74) is 0.945. The van der Waals surface area contributed by atoms with Crippen LogP contribution in [0.5, 0.6) is 0 Å². The van der Waals surface area contributed by atoms with Crippen molar-refractivity contribution in [2.24, 2.45) is 17.8 Å². The molecule has 58 heavy (non-hydrogen) atoms. The van der Waals surface area contributed by atoms with Gasteiger partial charge in [-0.1, -0.05) is 106 Å². The number of ether oxygens (including phenoxy) is 5. The molecule has 6 rings (SSSR count). The van der Waals surface area contributed by atoms with Crippen LogP contribution >= 0.6 is 0 Å². The first-order valence-electron chi connectivity index (χ1n) is 21.3. The van der Waals surface area contributed by atoms with Gasteiger partial charge in [-0.05, 0) is 63.0 Å². The molecule has 0 unspecified atom stereocenters. The molecule has 0 spiro atoms. The third-order valence-corrected chi connectivity index (χ3v) is 12.0. The topological polar surface area (TPSA) is 161 Å². The highest BCUT2D eigenvalue weighted by Crippen LogP contribution is 2.38. The zero-order valence-corrected chi connectivity index (χ0v) is 34.5. The predicted octanol–water partition coefficient (Wildman–Crippen LogP) is 6.80. The average Bonchev–Trinajstić information content (AvgIpc) is 3.54. The van der Waals surface area contributed by atoms with Crippen LogP contribution in [0.15, 0.2) is 96.7 Å². The van der Waals surface area contributed by atoms with Crippen molar-refractivity contribution in [1.82, 2.24) is 0 Å². The van der Waals surface area contributed by atoms with Gasteiger partial charge < -0.3 is 44.1 Å². The molecule has 11 heteroatoms. The van der Waals surface area contributed by atoms with Crippen LogP contribution in [0.2, 0.25) is 0 Å². The Morgan fingerprint density at radius 2 is 1.53 bits per heavy atom. The lowest BCUT2D eigenvalue weighted by atomic mass is 9.85. The Morgan fingerprint density at radius 3 is 2.34 bits per heavy atom. The molecule has 6 aliphatic rings. The highest BCUT2D eigenvalue weighted by molar-refractivity contribution is 5.82. The van der Waals surface area contributed by atoms with E-state index in [1.807, 2.05) is 62.5 Å². The van der Waals surface area contributed by atoms with Crippen molar-refractivity contribution in [1.29, 1.82) is 0 Å². The minimum atomic E-state index is -1.18. The molecule has 0 aliphatic carbocycles. The van der Waals surface area contributed by atoms with Gasteiger partial charge >= 0.3 is 11.9 Å². The summed E-state index contributed by atoms with van der Waals surface area (Å²) in [5.74, 6) is -1.09. The van der Waals surface area contributed by atoms with Gasteiger partial charge in [0.2, 0.25) is 0 Å². The Kier molecular flexibility index (Phi) is 18.0. The quantitative estimate of drug-likeness (QED) is 0.122. The number of hydrogen-bond acceptors (Lipinski definition) is 10. The predicted molar refractivity (Wildman–Crippen MR) is 222 cm³/mol. The van der Waals surface area contributed by atoms with E-state index in [1.54, 1.807) is 18.2 Å². The molecule has 0 amide bonds. The highest BCUT2D eigenvalue weighted by Gasteiger charge is 2.45. The fraction of sp³-hybridized carbons (Fsp3) is 0.617. The number of carbonyl (C=O) groups is 2. The number of aliphatic hydroxyl groups is 3. The molecule has 0 aromatic heterocycles. The second kappa shape index (κ2) is 22.8. The molecule has 0 radical (unpaired) electrons. The smallest absolute Gasteiger partial charge is 0.331 e. The van der Waals surface area contributed by atoms with Crippen LogP contribution in [0.3, 0.4) is 0 Å². The van der Waals surface area contributed by atoms with Crippen molar-refractivity contribution in [2.75, 3.05) is 0 Å². The minimum Gasteiger partial charge on any atom is -0.481 e. The van der Waals surface area contributed by atoms with E-state index in [0.717, 1.165) is 31.3 Å². The number of aliphatic hydroxyl groups excluding tert-OH is 3. The third kappa shape index (κ3) is 13.6. The maximum absolute atomic E-state index is 13.0. The maximum atomic E-state index is 13.0. The molecule has 3 saturated heterocycles. The second-order valence-electron chi connectivity index (χ2n) is 16.6. The van der Waals surface area contributed by atoms with Gasteiger partial charge in [0, 0.05) is 37.2 Å². The number of esters is 1. The Labute approximate surface area is 344 Å². The van der Waals surface area contributed by atoms with Crippen molar-refractivity contribution in [3.63, 3.8) is 0 Å². The summed E-state index contributed by atoms with van der Waals surface area (Å²) in [4.78, 5) is 23.9. The molecular formula is C47H66O11. The number of aliphatic carboxylic acids is 1. The number of allylic oxidation sites excluding steroid dienone is 7. The van der Waals surface area contributed by atoms with Gasteiger partial charge in [-0.15, -0.1) is 0 Å². The van der Waals surface area contributed by atoms with Crippen LogP contribution in [-0.4, -0.2) is 106 Å². The number of unbranched alkanes of at least 4 members (excludes halogenated alkanes) is 1. The summed E-state index contributed by atoms with van der Waals surface area (Å²) in [5, 5.41) is 41.7. The third-order valence-electron chi connectivity index (χ3n) is 12.0. The van der Waals surface area contributed by atoms with E-state index in [2.05, 4.69) is 32.1 Å². The van der Waals surface area contributed by atoms with Crippen molar-refractivity contribution < 1.29 is 53.7 Å². The number of carbonyl (C=O) groups excluding carboxylic acids is 1. The van der Waals surface area contributed by atoms with E-state index in [1.165, 1.54) is 6.08 Å². The van der Waals surface area contributed by atoms with Gasteiger partial charge in [-0.3, -0.25) is 4.79 Å². The monoisotopic (exact) mass is 806 g/mol. The van der Waals surface area contributed by atoms with E-state index in [0.29, 0.717) is 25.7 Å². The molecule has 6 aliphatic heterocycles. The largest absolute Gasteiger partial charge is 0.481 e. The SMILES string of the molecule is C/C(=C\[C@H](C)CCCCC(=O)O)[C@@H]1O[C@@H]2C=C[C@@H]1OC(=O)/C=C/C=C\C=C\[C@H]1O[C@H]3C[C@@H]1O[C@@H](/C=C/C[C@H]1O[C@H](C[C@H](O)[C@H]1C)[C@@H](O)[C@@H](O)/C=C/CC/C=C/C2)[C@H]3C. The van der Waals surface area contributed by atoms with E-state index in [9.17, 15) is 24.9 Å². The number of carboxylic acids is 1. The number of fused-ring (bicyclic) bond motifs is 13. The van der Waals surface area contributed by atoms with Gasteiger partial charge in [-0.25, -0.2) is 4.79 Å². The van der Waals surface area contributed by atoms with Crippen LogP contribution < -0.4 is 0 Å². The molecule has 11 nitrogen and oxygen atoms in total. The van der Waals surface area contributed by atoms with Gasteiger partial charge in [0.1, 0.15) is 24.4 Å². The normalized spacial score (nSPS) is 41.7. The molecule has 3 fully saturated rings. The summed E-state index contributed by atoms with van der Waals surface area (Å²) in [6.07, 6.45) is 28.3. The maximum Gasteiger partial charge on any atom is 0.331 e. The van der Waals surface area contributed by atoms with E-state index in [4.69, 9.17) is 28.8 Å².